The van der Waals surface area contributed by atoms with Crippen molar-refractivity contribution in [2.24, 2.45) is 0 Å². The molecule has 2 aromatic carbocycles. The van der Waals surface area contributed by atoms with E-state index in [1.165, 1.54) is 24.4 Å². The number of aromatic amines is 1. The van der Waals surface area contributed by atoms with E-state index in [1.54, 1.807) is 12.1 Å². The lowest BCUT2D eigenvalue weighted by Crippen LogP contribution is -2.27. The van der Waals surface area contributed by atoms with Crippen molar-refractivity contribution in [2.45, 2.75) is 13.0 Å². The first-order chi connectivity index (χ1) is 13.1. The normalized spacial score (nSPS) is 12.3. The number of benzene rings is 2. The summed E-state index contributed by atoms with van der Waals surface area (Å²) in [5.74, 6) is -0.817. The highest BCUT2D eigenvalue weighted by molar-refractivity contribution is 6.02. The second-order valence-electron chi connectivity index (χ2n) is 5.98. The number of carbonyl (C=O) groups is 1. The van der Waals surface area contributed by atoms with Gasteiger partial charge in [0.1, 0.15) is 17.5 Å². The van der Waals surface area contributed by atoms with Crippen LogP contribution in [-0.2, 0) is 4.79 Å². The van der Waals surface area contributed by atoms with Crippen molar-refractivity contribution in [1.29, 1.82) is 5.26 Å². The van der Waals surface area contributed by atoms with Crippen LogP contribution in [-0.4, -0.2) is 16.1 Å². The molecule has 3 rings (SSSR count). The van der Waals surface area contributed by atoms with Crippen LogP contribution in [0.5, 0.6) is 0 Å². The number of amides is 1. The molecule has 6 heteroatoms. The molecule has 0 aliphatic carbocycles. The van der Waals surface area contributed by atoms with Crippen molar-refractivity contribution < 1.29 is 9.18 Å². The van der Waals surface area contributed by atoms with Gasteiger partial charge in [-0.2, -0.15) is 10.4 Å². The number of H-pyrrole nitrogens is 1. The Morgan fingerprint density at radius 2 is 1.93 bits per heavy atom. The minimum atomic E-state index is -0.472. The Balaban J connectivity index is 1.83. The van der Waals surface area contributed by atoms with Gasteiger partial charge in [0.25, 0.3) is 5.91 Å². The fraction of sp³-hybridized carbons (Fsp3) is 0.0952. The van der Waals surface area contributed by atoms with Crippen LogP contribution in [0.15, 0.2) is 66.4 Å². The second kappa shape index (κ2) is 8.11. The van der Waals surface area contributed by atoms with E-state index in [1.807, 2.05) is 43.3 Å². The fourth-order valence-corrected chi connectivity index (χ4v) is 2.66. The highest BCUT2D eigenvalue weighted by Gasteiger charge is 2.15. The number of halogens is 1. The monoisotopic (exact) mass is 360 g/mol. The Labute approximate surface area is 156 Å². The average molecular weight is 360 g/mol. The first-order valence-corrected chi connectivity index (χ1v) is 8.35. The molecule has 0 saturated heterocycles. The summed E-state index contributed by atoms with van der Waals surface area (Å²) in [4.78, 5) is 12.5. The number of hydrogen-bond acceptors (Lipinski definition) is 3. The first kappa shape index (κ1) is 18.1. The molecular formula is C21H17FN4O. The molecule has 1 amide bonds. The number of nitrogens with one attached hydrogen (secondary N) is 2. The van der Waals surface area contributed by atoms with Gasteiger partial charge in [-0.1, -0.05) is 30.3 Å². The topological polar surface area (TPSA) is 81.6 Å². The van der Waals surface area contributed by atoms with E-state index >= 15 is 0 Å². The number of nitriles is 1. The molecule has 134 valence electrons. The lowest BCUT2D eigenvalue weighted by Gasteiger charge is -2.13. The third-order valence-corrected chi connectivity index (χ3v) is 4.11. The van der Waals surface area contributed by atoms with Crippen LogP contribution in [0.2, 0.25) is 0 Å². The molecule has 1 heterocycles. The molecule has 0 aliphatic heterocycles. The third-order valence-electron chi connectivity index (χ3n) is 4.11. The Bertz CT molecular complexity index is 1000. The maximum Gasteiger partial charge on any atom is 0.262 e. The lowest BCUT2D eigenvalue weighted by atomic mass is 10.0. The first-order valence-electron chi connectivity index (χ1n) is 8.35. The van der Waals surface area contributed by atoms with E-state index in [-0.39, 0.29) is 17.4 Å². The average Bonchev–Trinajstić information content (AvgIpc) is 3.15. The van der Waals surface area contributed by atoms with Gasteiger partial charge < -0.3 is 5.32 Å². The smallest absolute Gasteiger partial charge is 0.262 e. The second-order valence-corrected chi connectivity index (χ2v) is 5.98. The van der Waals surface area contributed by atoms with Crippen molar-refractivity contribution >= 4 is 12.0 Å². The van der Waals surface area contributed by atoms with Gasteiger partial charge in [-0.25, -0.2) is 4.39 Å². The molecule has 5 nitrogen and oxygen atoms in total. The number of nitrogens with zero attached hydrogens (tertiary/aromatic N) is 2. The quantitative estimate of drug-likeness (QED) is 0.533. The Kier molecular flexibility index (Phi) is 5.43. The van der Waals surface area contributed by atoms with Crippen LogP contribution in [0.1, 0.15) is 24.1 Å². The van der Waals surface area contributed by atoms with Gasteiger partial charge in [-0.05, 0) is 42.8 Å². The molecule has 1 atom stereocenters. The molecule has 0 bridgehead atoms. The summed E-state index contributed by atoms with van der Waals surface area (Å²) in [6.07, 6.45) is 2.99. The predicted octanol–water partition coefficient (Wildman–Crippen LogP) is 4.00. The van der Waals surface area contributed by atoms with E-state index in [2.05, 4.69) is 15.5 Å². The van der Waals surface area contributed by atoms with Gasteiger partial charge in [0.05, 0.1) is 17.9 Å². The van der Waals surface area contributed by atoms with Crippen molar-refractivity contribution in [3.05, 3.63) is 83.3 Å². The molecule has 27 heavy (non-hydrogen) atoms. The van der Waals surface area contributed by atoms with Gasteiger partial charge >= 0.3 is 0 Å². The number of hydrogen-bond donors (Lipinski definition) is 2. The standard InChI is InChI=1S/C21H17FN4O/c1-14(15-5-3-2-4-6-15)25-21(27)17(12-23)11-18-13-24-26-20(18)16-7-9-19(22)10-8-16/h2-11,13-14H,1H3,(H,24,26)(H,25,27)/b17-11-. The summed E-state index contributed by atoms with van der Waals surface area (Å²) in [6.45, 7) is 1.85. The van der Waals surface area contributed by atoms with Gasteiger partial charge in [-0.3, -0.25) is 9.89 Å². The highest BCUT2D eigenvalue weighted by Crippen LogP contribution is 2.23. The highest BCUT2D eigenvalue weighted by atomic mass is 19.1. The van der Waals surface area contributed by atoms with Crippen molar-refractivity contribution in [3.63, 3.8) is 0 Å². The molecule has 2 N–H and O–H groups in total. The molecule has 0 radical (unpaired) electrons. The van der Waals surface area contributed by atoms with Crippen LogP contribution in [0.25, 0.3) is 17.3 Å². The molecule has 1 aromatic heterocycles. The molecule has 0 spiro atoms. The summed E-state index contributed by atoms with van der Waals surface area (Å²) in [5, 5.41) is 19.0. The summed E-state index contributed by atoms with van der Waals surface area (Å²) >= 11 is 0. The van der Waals surface area contributed by atoms with E-state index in [4.69, 9.17) is 0 Å². The largest absolute Gasteiger partial charge is 0.345 e. The van der Waals surface area contributed by atoms with E-state index in [9.17, 15) is 14.4 Å². The minimum Gasteiger partial charge on any atom is -0.345 e. The van der Waals surface area contributed by atoms with Gasteiger partial charge in [0.2, 0.25) is 0 Å². The van der Waals surface area contributed by atoms with Crippen molar-refractivity contribution in [3.8, 4) is 17.3 Å². The third kappa shape index (κ3) is 4.28. The Hall–Kier alpha value is -3.72. The van der Waals surface area contributed by atoms with Crippen LogP contribution in [0.3, 0.4) is 0 Å². The van der Waals surface area contributed by atoms with Crippen LogP contribution >= 0.6 is 0 Å². The van der Waals surface area contributed by atoms with Crippen LogP contribution < -0.4 is 5.32 Å². The zero-order chi connectivity index (χ0) is 19.2. The summed E-state index contributed by atoms with van der Waals surface area (Å²) < 4.78 is 13.1. The van der Waals surface area contributed by atoms with Gasteiger partial charge in [-0.15, -0.1) is 0 Å². The molecule has 0 saturated carbocycles. The van der Waals surface area contributed by atoms with Crippen molar-refractivity contribution in [1.82, 2.24) is 15.5 Å². The van der Waals surface area contributed by atoms with E-state index in [0.29, 0.717) is 16.8 Å². The predicted molar refractivity (Wildman–Crippen MR) is 101 cm³/mol. The fourth-order valence-electron chi connectivity index (χ4n) is 2.66. The summed E-state index contributed by atoms with van der Waals surface area (Å²) in [7, 11) is 0. The van der Waals surface area contributed by atoms with Gasteiger partial charge in [0, 0.05) is 11.1 Å². The summed E-state index contributed by atoms with van der Waals surface area (Å²) in [6, 6.07) is 17.1. The van der Waals surface area contributed by atoms with E-state index in [0.717, 1.165) is 5.56 Å². The molecule has 0 aliphatic rings. The SMILES string of the molecule is CC(NC(=O)/C(C#N)=C\c1cn[nH]c1-c1ccc(F)cc1)c1ccccc1. The van der Waals surface area contributed by atoms with Crippen LogP contribution in [0, 0.1) is 17.1 Å². The van der Waals surface area contributed by atoms with Gasteiger partial charge in [0.15, 0.2) is 0 Å². The number of rotatable bonds is 5. The minimum absolute atomic E-state index is 0.0393. The van der Waals surface area contributed by atoms with E-state index < -0.39 is 5.91 Å². The molecular weight excluding hydrogens is 343 g/mol. The Morgan fingerprint density at radius 1 is 1.22 bits per heavy atom. The Morgan fingerprint density at radius 3 is 2.59 bits per heavy atom. The van der Waals surface area contributed by atoms with Crippen molar-refractivity contribution in [2.75, 3.05) is 0 Å². The number of aromatic nitrogens is 2. The number of carbonyl (C=O) groups excluding carboxylic acids is 1. The zero-order valence-electron chi connectivity index (χ0n) is 14.6. The molecule has 3 aromatic rings. The molecule has 1 unspecified atom stereocenters. The lowest BCUT2D eigenvalue weighted by molar-refractivity contribution is -0.117. The zero-order valence-corrected chi connectivity index (χ0v) is 14.6. The molecule has 0 fully saturated rings. The summed E-state index contributed by atoms with van der Waals surface area (Å²) in [5.41, 5.74) is 2.78. The maximum atomic E-state index is 13.1. The maximum absolute atomic E-state index is 13.1. The van der Waals surface area contributed by atoms with Crippen LogP contribution in [0.4, 0.5) is 4.39 Å².